The number of fused-ring (bicyclic) bond motifs is 1. The fraction of sp³-hybridized carbons (Fsp3) is 0.318. The summed E-state index contributed by atoms with van der Waals surface area (Å²) in [6.45, 7) is 2.13. The normalized spacial score (nSPS) is 11.6. The SMILES string of the molecule is CCN(CC(=O)Nc1cc(C(F)(F)F)ccc1Cl)Cc1nc2cc(OC)c(OC)cc2c(=O)[nH]1. The highest BCUT2D eigenvalue weighted by molar-refractivity contribution is 6.33. The van der Waals surface area contributed by atoms with Crippen molar-refractivity contribution in [3.8, 4) is 11.5 Å². The van der Waals surface area contributed by atoms with Crippen LogP contribution in [0.15, 0.2) is 35.1 Å². The van der Waals surface area contributed by atoms with Crippen LogP contribution in [0, 0.1) is 0 Å². The van der Waals surface area contributed by atoms with Gasteiger partial charge in [-0.15, -0.1) is 0 Å². The van der Waals surface area contributed by atoms with E-state index >= 15 is 0 Å². The summed E-state index contributed by atoms with van der Waals surface area (Å²) in [5.41, 5.74) is -1.08. The Hall–Kier alpha value is -3.31. The molecular weight excluding hydrogens is 477 g/mol. The summed E-state index contributed by atoms with van der Waals surface area (Å²) in [6, 6.07) is 5.78. The van der Waals surface area contributed by atoms with Crippen molar-refractivity contribution in [1.82, 2.24) is 14.9 Å². The molecule has 8 nitrogen and oxygen atoms in total. The van der Waals surface area contributed by atoms with E-state index in [4.69, 9.17) is 21.1 Å². The molecule has 0 unspecified atom stereocenters. The van der Waals surface area contributed by atoms with Gasteiger partial charge >= 0.3 is 6.18 Å². The molecule has 2 N–H and O–H groups in total. The molecule has 0 fully saturated rings. The van der Waals surface area contributed by atoms with Crippen molar-refractivity contribution < 1.29 is 27.4 Å². The summed E-state index contributed by atoms with van der Waals surface area (Å²) in [5, 5.41) is 2.69. The summed E-state index contributed by atoms with van der Waals surface area (Å²) < 4.78 is 49.3. The molecule has 1 amide bonds. The maximum absolute atomic E-state index is 13.0. The van der Waals surface area contributed by atoms with E-state index in [9.17, 15) is 22.8 Å². The molecule has 1 aromatic heterocycles. The van der Waals surface area contributed by atoms with Crippen molar-refractivity contribution in [2.24, 2.45) is 0 Å². The van der Waals surface area contributed by atoms with Gasteiger partial charge in [0.2, 0.25) is 5.91 Å². The number of anilines is 1. The van der Waals surface area contributed by atoms with E-state index in [1.54, 1.807) is 17.9 Å². The minimum absolute atomic E-state index is 0.0192. The van der Waals surface area contributed by atoms with Crippen LogP contribution in [0.3, 0.4) is 0 Å². The Morgan fingerprint density at radius 3 is 2.47 bits per heavy atom. The summed E-state index contributed by atoms with van der Waals surface area (Å²) in [4.78, 5) is 33.8. The van der Waals surface area contributed by atoms with Crippen LogP contribution in [-0.2, 0) is 17.5 Å². The number of aromatic nitrogens is 2. The number of halogens is 4. The number of amides is 1. The molecule has 2 aromatic carbocycles. The van der Waals surface area contributed by atoms with Crippen LogP contribution in [0.1, 0.15) is 18.3 Å². The molecule has 0 aliphatic carbocycles. The standard InChI is InChI=1S/C22H22ClF3N4O4/c1-4-30(11-20(31)28-16-7-12(22(24,25)26)5-6-14(16)23)10-19-27-15-9-18(34-3)17(33-2)8-13(15)21(32)29-19/h5-9H,4,10-11H2,1-3H3,(H,28,31)(H,27,29,32). The molecular formula is C22H22ClF3N4O4. The number of hydrogen-bond donors (Lipinski definition) is 2. The number of benzene rings is 2. The van der Waals surface area contributed by atoms with E-state index in [-0.39, 0.29) is 23.8 Å². The molecule has 0 radical (unpaired) electrons. The average Bonchev–Trinajstić information content (AvgIpc) is 2.78. The number of alkyl halides is 3. The Bertz CT molecular complexity index is 1260. The van der Waals surface area contributed by atoms with Crippen LogP contribution in [0.25, 0.3) is 10.9 Å². The monoisotopic (exact) mass is 498 g/mol. The average molecular weight is 499 g/mol. The topological polar surface area (TPSA) is 96.6 Å². The Balaban J connectivity index is 1.78. The molecule has 0 saturated carbocycles. The lowest BCUT2D eigenvalue weighted by molar-refractivity contribution is -0.137. The molecule has 3 aromatic rings. The first kappa shape index (κ1) is 25.3. The van der Waals surface area contributed by atoms with Gasteiger partial charge in [0.1, 0.15) is 5.82 Å². The minimum atomic E-state index is -4.57. The predicted molar refractivity (Wildman–Crippen MR) is 122 cm³/mol. The molecule has 1 heterocycles. The Kier molecular flexibility index (Phi) is 7.68. The molecule has 0 spiro atoms. The minimum Gasteiger partial charge on any atom is -0.493 e. The van der Waals surface area contributed by atoms with Crippen molar-refractivity contribution >= 4 is 34.1 Å². The Morgan fingerprint density at radius 2 is 1.85 bits per heavy atom. The van der Waals surface area contributed by atoms with Crippen LogP contribution < -0.4 is 20.3 Å². The van der Waals surface area contributed by atoms with Gasteiger partial charge in [-0.3, -0.25) is 14.5 Å². The zero-order valence-electron chi connectivity index (χ0n) is 18.5. The van der Waals surface area contributed by atoms with Gasteiger partial charge in [-0.2, -0.15) is 13.2 Å². The van der Waals surface area contributed by atoms with Crippen molar-refractivity contribution in [2.75, 3.05) is 32.6 Å². The van der Waals surface area contributed by atoms with Gasteiger partial charge in [0.05, 0.1) is 54.5 Å². The highest BCUT2D eigenvalue weighted by Crippen LogP contribution is 2.34. The smallest absolute Gasteiger partial charge is 0.416 e. The van der Waals surface area contributed by atoms with Gasteiger partial charge in [0, 0.05) is 6.07 Å². The highest BCUT2D eigenvalue weighted by Gasteiger charge is 2.31. The number of methoxy groups -OCH3 is 2. The van der Waals surface area contributed by atoms with E-state index < -0.39 is 23.2 Å². The van der Waals surface area contributed by atoms with Gasteiger partial charge in [0.15, 0.2) is 11.5 Å². The molecule has 3 rings (SSSR count). The van der Waals surface area contributed by atoms with E-state index in [2.05, 4.69) is 15.3 Å². The molecule has 34 heavy (non-hydrogen) atoms. The number of nitrogens with one attached hydrogen (secondary N) is 2. The van der Waals surface area contributed by atoms with Crippen LogP contribution in [0.2, 0.25) is 5.02 Å². The highest BCUT2D eigenvalue weighted by atomic mass is 35.5. The first-order valence-electron chi connectivity index (χ1n) is 10.1. The van der Waals surface area contributed by atoms with Gasteiger partial charge < -0.3 is 19.8 Å². The second kappa shape index (κ2) is 10.3. The summed E-state index contributed by atoms with van der Waals surface area (Å²) >= 11 is 5.95. The van der Waals surface area contributed by atoms with Crippen molar-refractivity contribution in [3.63, 3.8) is 0 Å². The van der Waals surface area contributed by atoms with E-state index in [1.807, 2.05) is 0 Å². The number of rotatable bonds is 8. The molecule has 182 valence electrons. The second-order valence-corrected chi connectivity index (χ2v) is 7.69. The number of nitrogens with zero attached hydrogens (tertiary/aromatic N) is 2. The fourth-order valence-electron chi connectivity index (χ4n) is 3.27. The van der Waals surface area contributed by atoms with Crippen LogP contribution in [-0.4, -0.2) is 48.1 Å². The number of likely N-dealkylation sites (N-methyl/N-ethyl adjacent to an activating group) is 1. The fourth-order valence-corrected chi connectivity index (χ4v) is 3.44. The quantitative estimate of drug-likeness (QED) is 0.486. The van der Waals surface area contributed by atoms with Crippen LogP contribution >= 0.6 is 11.6 Å². The van der Waals surface area contributed by atoms with E-state index in [1.165, 1.54) is 20.3 Å². The van der Waals surface area contributed by atoms with E-state index in [0.717, 1.165) is 18.2 Å². The number of ether oxygens (including phenoxy) is 2. The van der Waals surface area contributed by atoms with Gasteiger partial charge in [0.25, 0.3) is 5.56 Å². The zero-order chi connectivity index (χ0) is 25.0. The Morgan fingerprint density at radius 1 is 1.18 bits per heavy atom. The number of aromatic amines is 1. The van der Waals surface area contributed by atoms with Crippen LogP contribution in [0.4, 0.5) is 18.9 Å². The first-order chi connectivity index (χ1) is 16.0. The van der Waals surface area contributed by atoms with Gasteiger partial charge in [-0.1, -0.05) is 18.5 Å². The van der Waals surface area contributed by atoms with Crippen molar-refractivity contribution in [3.05, 3.63) is 57.1 Å². The summed E-state index contributed by atoms with van der Waals surface area (Å²) in [5.74, 6) is 0.521. The van der Waals surface area contributed by atoms with Crippen molar-refractivity contribution in [2.45, 2.75) is 19.6 Å². The lowest BCUT2D eigenvalue weighted by atomic mass is 10.2. The number of carbonyl (C=O) groups excluding carboxylic acids is 1. The van der Waals surface area contributed by atoms with Crippen LogP contribution in [0.5, 0.6) is 11.5 Å². The lowest BCUT2D eigenvalue weighted by Gasteiger charge is -2.20. The third-order valence-corrected chi connectivity index (χ3v) is 5.34. The van der Waals surface area contributed by atoms with Gasteiger partial charge in [-0.25, -0.2) is 4.98 Å². The largest absolute Gasteiger partial charge is 0.493 e. The zero-order valence-corrected chi connectivity index (χ0v) is 19.3. The first-order valence-corrected chi connectivity index (χ1v) is 10.5. The number of carbonyl (C=O) groups is 1. The lowest BCUT2D eigenvalue weighted by Crippen LogP contribution is -2.34. The third kappa shape index (κ3) is 5.78. The second-order valence-electron chi connectivity index (χ2n) is 7.28. The Labute approximate surface area is 197 Å². The molecule has 0 aliphatic heterocycles. The maximum atomic E-state index is 13.0. The number of hydrogen-bond acceptors (Lipinski definition) is 6. The molecule has 0 atom stereocenters. The molecule has 0 bridgehead atoms. The van der Waals surface area contributed by atoms with Crippen molar-refractivity contribution in [1.29, 1.82) is 0 Å². The third-order valence-electron chi connectivity index (χ3n) is 5.02. The molecule has 0 saturated heterocycles. The summed E-state index contributed by atoms with van der Waals surface area (Å²) in [6.07, 6.45) is -4.57. The molecule has 12 heteroatoms. The molecule has 0 aliphatic rings. The maximum Gasteiger partial charge on any atom is 0.416 e. The predicted octanol–water partition coefficient (Wildman–Crippen LogP) is 4.07. The summed E-state index contributed by atoms with van der Waals surface area (Å²) in [7, 11) is 2.92. The van der Waals surface area contributed by atoms with Gasteiger partial charge in [-0.05, 0) is 30.8 Å². The van der Waals surface area contributed by atoms with E-state index in [0.29, 0.717) is 34.8 Å². The number of H-pyrrole nitrogens is 1.